The highest BCUT2D eigenvalue weighted by Gasteiger charge is 2.30. The third-order valence-electron chi connectivity index (χ3n) is 2.49. The molecule has 0 fully saturated rings. The highest BCUT2D eigenvalue weighted by Crippen LogP contribution is 2.31. The fourth-order valence-corrected chi connectivity index (χ4v) is 1.59. The van der Waals surface area contributed by atoms with E-state index in [0.29, 0.717) is 0 Å². The normalized spacial score (nSPS) is 10.6. The van der Waals surface area contributed by atoms with E-state index in [0.717, 1.165) is 12.1 Å². The van der Waals surface area contributed by atoms with E-state index in [-0.39, 0.29) is 29.5 Å². The maximum atomic E-state index is 12.6. The number of hydrogen-bond acceptors (Lipinski definition) is 3. The predicted molar refractivity (Wildman–Crippen MR) is 73.2 cm³/mol. The van der Waals surface area contributed by atoms with E-state index in [1.165, 1.54) is 30.5 Å². The van der Waals surface area contributed by atoms with Gasteiger partial charge in [0.15, 0.2) is 0 Å². The maximum Gasteiger partial charge on any atom is 0.416 e. The first-order valence-electron chi connectivity index (χ1n) is 5.50. The number of pyridine rings is 1. The number of carboxylic acids is 1. The van der Waals surface area contributed by atoms with Crippen LogP contribution in [0.2, 0.25) is 0 Å². The Kier molecular flexibility index (Phi) is 5.15. The Morgan fingerprint density at radius 2 is 1.90 bits per heavy atom. The van der Waals surface area contributed by atoms with Gasteiger partial charge in [-0.25, -0.2) is 9.78 Å². The number of benzene rings is 1. The molecule has 0 aliphatic rings. The average Bonchev–Trinajstić information content (AvgIpc) is 2.38. The fourth-order valence-electron chi connectivity index (χ4n) is 1.59. The standard InChI is InChI=1S/C13H9F3N2O2.ClH/c14-13(15,16)8-3-1-4-9(7-8)18-11-10(12(19)20)5-2-6-17-11;/h1-7H,(H,17,18)(H,19,20);1H. The van der Waals surface area contributed by atoms with Crippen LogP contribution < -0.4 is 5.32 Å². The molecule has 112 valence electrons. The molecular weight excluding hydrogens is 309 g/mol. The van der Waals surface area contributed by atoms with Crippen molar-refractivity contribution in [1.82, 2.24) is 4.98 Å². The van der Waals surface area contributed by atoms with Crippen LogP contribution in [0.3, 0.4) is 0 Å². The lowest BCUT2D eigenvalue weighted by molar-refractivity contribution is -0.137. The van der Waals surface area contributed by atoms with Crippen LogP contribution in [-0.4, -0.2) is 16.1 Å². The number of alkyl halides is 3. The molecule has 0 aliphatic heterocycles. The van der Waals surface area contributed by atoms with E-state index >= 15 is 0 Å². The fraction of sp³-hybridized carbons (Fsp3) is 0.0769. The molecule has 0 unspecified atom stereocenters. The summed E-state index contributed by atoms with van der Waals surface area (Å²) in [5, 5.41) is 11.5. The van der Waals surface area contributed by atoms with Gasteiger partial charge in [-0.1, -0.05) is 6.07 Å². The van der Waals surface area contributed by atoms with E-state index in [2.05, 4.69) is 10.3 Å². The van der Waals surface area contributed by atoms with E-state index in [4.69, 9.17) is 5.11 Å². The van der Waals surface area contributed by atoms with Crippen molar-refractivity contribution in [2.45, 2.75) is 6.18 Å². The lowest BCUT2D eigenvalue weighted by atomic mass is 10.2. The van der Waals surface area contributed by atoms with Gasteiger partial charge in [-0.15, -0.1) is 12.4 Å². The number of halogens is 4. The molecule has 0 saturated carbocycles. The number of rotatable bonds is 3. The summed E-state index contributed by atoms with van der Waals surface area (Å²) >= 11 is 0. The molecule has 0 amide bonds. The SMILES string of the molecule is Cl.O=C(O)c1cccnc1Nc1cccc(C(F)(F)F)c1. The smallest absolute Gasteiger partial charge is 0.416 e. The van der Waals surface area contributed by atoms with Crippen molar-refractivity contribution in [3.8, 4) is 0 Å². The highest BCUT2D eigenvalue weighted by atomic mass is 35.5. The number of nitrogens with zero attached hydrogens (tertiary/aromatic N) is 1. The van der Waals surface area contributed by atoms with E-state index in [1.54, 1.807) is 0 Å². The van der Waals surface area contributed by atoms with Gasteiger partial charge in [0, 0.05) is 11.9 Å². The number of carboxylic acid groups (broad SMARTS) is 1. The minimum absolute atomic E-state index is 0. The number of carbonyl (C=O) groups is 1. The van der Waals surface area contributed by atoms with Crippen LogP contribution in [0, 0.1) is 0 Å². The molecule has 2 rings (SSSR count). The van der Waals surface area contributed by atoms with Gasteiger partial charge in [0.1, 0.15) is 11.4 Å². The minimum atomic E-state index is -4.46. The highest BCUT2D eigenvalue weighted by molar-refractivity contribution is 5.93. The minimum Gasteiger partial charge on any atom is -0.478 e. The summed E-state index contributed by atoms with van der Waals surface area (Å²) in [5.74, 6) is -1.23. The van der Waals surface area contributed by atoms with Crippen molar-refractivity contribution < 1.29 is 23.1 Å². The summed E-state index contributed by atoms with van der Waals surface area (Å²) in [7, 11) is 0. The van der Waals surface area contributed by atoms with Crippen molar-refractivity contribution >= 4 is 29.9 Å². The van der Waals surface area contributed by atoms with Gasteiger partial charge in [-0.05, 0) is 30.3 Å². The lowest BCUT2D eigenvalue weighted by Crippen LogP contribution is -2.07. The van der Waals surface area contributed by atoms with Gasteiger partial charge < -0.3 is 10.4 Å². The zero-order chi connectivity index (χ0) is 14.8. The summed E-state index contributed by atoms with van der Waals surface area (Å²) in [6.07, 6.45) is -3.11. The number of aromatic nitrogens is 1. The second-order valence-electron chi connectivity index (χ2n) is 3.91. The van der Waals surface area contributed by atoms with Gasteiger partial charge >= 0.3 is 12.1 Å². The number of anilines is 2. The quantitative estimate of drug-likeness (QED) is 0.899. The van der Waals surface area contributed by atoms with Crippen molar-refractivity contribution in [3.63, 3.8) is 0 Å². The van der Waals surface area contributed by atoms with Crippen LogP contribution in [0.4, 0.5) is 24.7 Å². The predicted octanol–water partition coefficient (Wildman–Crippen LogP) is 3.96. The monoisotopic (exact) mass is 318 g/mol. The van der Waals surface area contributed by atoms with Gasteiger partial charge in [0.25, 0.3) is 0 Å². The summed E-state index contributed by atoms with van der Waals surface area (Å²) in [6.45, 7) is 0. The van der Waals surface area contributed by atoms with Crippen LogP contribution in [0.1, 0.15) is 15.9 Å². The van der Waals surface area contributed by atoms with Crippen LogP contribution >= 0.6 is 12.4 Å². The summed E-state index contributed by atoms with van der Waals surface area (Å²) in [4.78, 5) is 14.8. The second kappa shape index (κ2) is 6.45. The molecule has 0 bridgehead atoms. The molecule has 1 aromatic heterocycles. The Morgan fingerprint density at radius 3 is 2.52 bits per heavy atom. The summed E-state index contributed by atoms with van der Waals surface area (Å²) in [6, 6.07) is 7.19. The Morgan fingerprint density at radius 1 is 1.19 bits per heavy atom. The molecule has 21 heavy (non-hydrogen) atoms. The number of hydrogen-bond donors (Lipinski definition) is 2. The number of nitrogens with one attached hydrogen (secondary N) is 1. The van der Waals surface area contributed by atoms with Crippen molar-refractivity contribution in [1.29, 1.82) is 0 Å². The molecule has 0 aliphatic carbocycles. The van der Waals surface area contributed by atoms with E-state index < -0.39 is 17.7 Å². The van der Waals surface area contributed by atoms with Gasteiger partial charge in [0.2, 0.25) is 0 Å². The van der Waals surface area contributed by atoms with Crippen LogP contribution in [-0.2, 0) is 6.18 Å². The maximum absolute atomic E-state index is 12.6. The molecule has 8 heteroatoms. The molecule has 0 spiro atoms. The molecule has 0 radical (unpaired) electrons. The third-order valence-corrected chi connectivity index (χ3v) is 2.49. The Bertz CT molecular complexity index is 647. The summed E-state index contributed by atoms with van der Waals surface area (Å²) < 4.78 is 37.7. The van der Waals surface area contributed by atoms with Gasteiger partial charge in [-0.3, -0.25) is 0 Å². The molecule has 2 aromatic rings. The van der Waals surface area contributed by atoms with Crippen molar-refractivity contribution in [2.24, 2.45) is 0 Å². The largest absolute Gasteiger partial charge is 0.478 e. The first-order valence-corrected chi connectivity index (χ1v) is 5.50. The molecule has 2 N–H and O–H groups in total. The molecule has 0 atom stereocenters. The van der Waals surface area contributed by atoms with Crippen LogP contribution in [0.5, 0.6) is 0 Å². The Hall–Kier alpha value is -2.28. The van der Waals surface area contributed by atoms with Gasteiger partial charge in [0.05, 0.1) is 5.56 Å². The second-order valence-corrected chi connectivity index (χ2v) is 3.91. The molecule has 0 saturated heterocycles. The van der Waals surface area contributed by atoms with E-state index in [1.807, 2.05) is 0 Å². The Balaban J connectivity index is 0.00000220. The summed E-state index contributed by atoms with van der Waals surface area (Å²) in [5.41, 5.74) is -0.832. The third kappa shape index (κ3) is 4.09. The Labute approximate surface area is 124 Å². The average molecular weight is 319 g/mol. The first-order chi connectivity index (χ1) is 9.38. The van der Waals surface area contributed by atoms with Crippen molar-refractivity contribution in [3.05, 3.63) is 53.7 Å². The zero-order valence-corrected chi connectivity index (χ0v) is 11.2. The van der Waals surface area contributed by atoms with Crippen molar-refractivity contribution in [2.75, 3.05) is 5.32 Å². The molecule has 1 heterocycles. The zero-order valence-electron chi connectivity index (χ0n) is 10.4. The van der Waals surface area contributed by atoms with E-state index in [9.17, 15) is 18.0 Å². The molecule has 1 aromatic carbocycles. The lowest BCUT2D eigenvalue weighted by Gasteiger charge is -2.11. The molecular formula is C13H10ClF3N2O2. The number of aromatic carboxylic acids is 1. The first kappa shape index (κ1) is 16.8. The van der Waals surface area contributed by atoms with Gasteiger partial charge in [-0.2, -0.15) is 13.2 Å². The van der Waals surface area contributed by atoms with Crippen LogP contribution in [0.15, 0.2) is 42.6 Å². The molecule has 4 nitrogen and oxygen atoms in total. The topological polar surface area (TPSA) is 62.2 Å². The van der Waals surface area contributed by atoms with Crippen LogP contribution in [0.25, 0.3) is 0 Å².